The Morgan fingerprint density at radius 2 is 1.57 bits per heavy atom. The highest BCUT2D eigenvalue weighted by atomic mass is 16.6. The lowest BCUT2D eigenvalue weighted by molar-refractivity contribution is 0.105. The maximum Gasteiger partial charge on any atom is 0.415 e. The average molecular weight is 365 g/mol. The highest BCUT2D eigenvalue weighted by Crippen LogP contribution is 2.30. The lowest BCUT2D eigenvalue weighted by Gasteiger charge is -2.29. The molecule has 1 amide bonds. The van der Waals surface area contributed by atoms with Crippen molar-refractivity contribution in [1.82, 2.24) is 4.90 Å². The van der Waals surface area contributed by atoms with Crippen LogP contribution in [0, 0.1) is 11.8 Å². The van der Waals surface area contributed by atoms with Crippen LogP contribution in [0.5, 0.6) is 0 Å². The van der Waals surface area contributed by atoms with Gasteiger partial charge in [0, 0.05) is 11.8 Å². The molecule has 0 spiro atoms. The Balaban J connectivity index is 1.59. The molecule has 0 saturated heterocycles. The van der Waals surface area contributed by atoms with Crippen LogP contribution in [-0.2, 0) is 11.3 Å². The Bertz CT molecular complexity index is 1050. The van der Waals surface area contributed by atoms with E-state index in [0.29, 0.717) is 0 Å². The van der Waals surface area contributed by atoms with Crippen molar-refractivity contribution in [2.75, 3.05) is 0 Å². The Labute approximate surface area is 164 Å². The van der Waals surface area contributed by atoms with E-state index in [-0.39, 0.29) is 6.61 Å². The molecule has 1 atom stereocenters. The number of benzene rings is 3. The molecule has 0 saturated carbocycles. The summed E-state index contributed by atoms with van der Waals surface area (Å²) in [4.78, 5) is 14.3. The maximum absolute atomic E-state index is 12.8. The molecule has 1 heterocycles. The van der Waals surface area contributed by atoms with Crippen molar-refractivity contribution in [2.24, 2.45) is 0 Å². The van der Waals surface area contributed by atoms with Crippen LogP contribution in [0.2, 0.25) is 0 Å². The number of amides is 1. The van der Waals surface area contributed by atoms with Crippen LogP contribution in [0.3, 0.4) is 0 Å². The van der Waals surface area contributed by atoms with Crippen molar-refractivity contribution in [1.29, 1.82) is 0 Å². The number of nitrogens with zero attached hydrogens (tertiary/aromatic N) is 1. The molecule has 136 valence electrons. The van der Waals surface area contributed by atoms with Gasteiger partial charge in [0.25, 0.3) is 0 Å². The van der Waals surface area contributed by atoms with Gasteiger partial charge in [0.15, 0.2) is 0 Å². The third-order valence-electron chi connectivity index (χ3n) is 4.53. The molecule has 1 aliphatic heterocycles. The van der Waals surface area contributed by atoms with Gasteiger partial charge < -0.3 is 4.74 Å². The average Bonchev–Trinajstić information content (AvgIpc) is 2.77. The first-order valence-corrected chi connectivity index (χ1v) is 9.14. The van der Waals surface area contributed by atoms with E-state index in [1.807, 2.05) is 91.0 Å². The molecule has 0 aromatic heterocycles. The molecule has 3 aromatic rings. The van der Waals surface area contributed by atoms with Crippen molar-refractivity contribution < 1.29 is 9.53 Å². The minimum atomic E-state index is -0.415. The summed E-state index contributed by atoms with van der Waals surface area (Å²) in [6.45, 7) is 0.227. The molecule has 0 N–H and O–H groups in total. The van der Waals surface area contributed by atoms with Gasteiger partial charge in [-0.3, -0.25) is 4.90 Å². The second-order valence-electron chi connectivity index (χ2n) is 6.43. The number of ether oxygens (including phenoxy) is 1. The van der Waals surface area contributed by atoms with E-state index in [4.69, 9.17) is 4.74 Å². The summed E-state index contributed by atoms with van der Waals surface area (Å²) in [6, 6.07) is 27.0. The van der Waals surface area contributed by atoms with E-state index < -0.39 is 12.1 Å². The minimum absolute atomic E-state index is 0.227. The largest absolute Gasteiger partial charge is 0.444 e. The fourth-order valence-electron chi connectivity index (χ4n) is 3.09. The van der Waals surface area contributed by atoms with Gasteiger partial charge in [0.2, 0.25) is 0 Å². The lowest BCUT2D eigenvalue weighted by Crippen LogP contribution is -2.32. The summed E-state index contributed by atoms with van der Waals surface area (Å²) < 4.78 is 5.53. The van der Waals surface area contributed by atoms with Gasteiger partial charge in [-0.2, -0.15) is 0 Å². The third-order valence-corrected chi connectivity index (χ3v) is 4.53. The number of carbonyl (C=O) groups is 1. The van der Waals surface area contributed by atoms with Crippen molar-refractivity contribution in [3.8, 4) is 11.8 Å². The highest BCUT2D eigenvalue weighted by molar-refractivity contribution is 5.74. The summed E-state index contributed by atoms with van der Waals surface area (Å²) >= 11 is 0. The summed E-state index contributed by atoms with van der Waals surface area (Å²) in [7, 11) is 0. The quantitative estimate of drug-likeness (QED) is 0.569. The fourth-order valence-corrected chi connectivity index (χ4v) is 3.09. The fraction of sp³-hybridized carbons (Fsp3) is 0.0800. The normalized spacial score (nSPS) is 14.6. The van der Waals surface area contributed by atoms with Gasteiger partial charge >= 0.3 is 6.09 Å². The molecule has 0 fully saturated rings. The van der Waals surface area contributed by atoms with E-state index in [9.17, 15) is 4.79 Å². The van der Waals surface area contributed by atoms with Crippen molar-refractivity contribution in [3.05, 3.63) is 113 Å². The van der Waals surface area contributed by atoms with Gasteiger partial charge in [-0.05, 0) is 34.9 Å². The lowest BCUT2D eigenvalue weighted by atomic mass is 9.96. The molecule has 0 radical (unpaired) electrons. The van der Waals surface area contributed by atoms with Crippen LogP contribution >= 0.6 is 0 Å². The number of rotatable bonds is 2. The second kappa shape index (κ2) is 8.28. The van der Waals surface area contributed by atoms with Gasteiger partial charge in [-0.25, -0.2) is 4.79 Å². The monoisotopic (exact) mass is 365 g/mol. The van der Waals surface area contributed by atoms with Crippen LogP contribution in [0.4, 0.5) is 4.79 Å². The number of hydrogen-bond donors (Lipinski definition) is 0. The van der Waals surface area contributed by atoms with Crippen LogP contribution in [-0.4, -0.2) is 11.0 Å². The van der Waals surface area contributed by atoms with Crippen LogP contribution in [0.15, 0.2) is 91.1 Å². The Kier molecular flexibility index (Phi) is 5.22. The first-order chi connectivity index (χ1) is 13.8. The van der Waals surface area contributed by atoms with Crippen molar-refractivity contribution in [3.63, 3.8) is 0 Å². The standard InChI is InChI=1S/C25H19NO2/c27-25(28-19-21-11-5-2-6-12-21)26-18-17-22-13-7-8-14-23(22)24(26)16-15-20-9-3-1-4-10-20/h1-14,17-18,24H,19H2/t24-/m0/s1. The zero-order chi connectivity index (χ0) is 19.2. The molecular weight excluding hydrogens is 346 g/mol. The van der Waals surface area contributed by atoms with Crippen molar-refractivity contribution >= 4 is 12.2 Å². The molecule has 0 unspecified atom stereocenters. The van der Waals surface area contributed by atoms with E-state index in [2.05, 4.69) is 11.8 Å². The first kappa shape index (κ1) is 17.6. The Morgan fingerprint density at radius 3 is 2.36 bits per heavy atom. The van der Waals surface area contributed by atoms with E-state index in [1.54, 1.807) is 11.1 Å². The summed E-state index contributed by atoms with van der Waals surface area (Å²) in [5, 5.41) is 0. The summed E-state index contributed by atoms with van der Waals surface area (Å²) in [6.07, 6.45) is 3.25. The van der Waals surface area contributed by atoms with Crippen LogP contribution in [0.1, 0.15) is 28.3 Å². The molecule has 4 rings (SSSR count). The third kappa shape index (κ3) is 3.97. The molecule has 0 aliphatic carbocycles. The van der Waals surface area contributed by atoms with Crippen LogP contribution < -0.4 is 0 Å². The number of fused-ring (bicyclic) bond motifs is 1. The van der Waals surface area contributed by atoms with Gasteiger partial charge in [0.05, 0.1) is 0 Å². The number of carbonyl (C=O) groups excluding carboxylic acids is 1. The topological polar surface area (TPSA) is 29.5 Å². The molecule has 3 heteroatoms. The van der Waals surface area contributed by atoms with Crippen LogP contribution in [0.25, 0.3) is 6.08 Å². The SMILES string of the molecule is O=C(OCc1ccccc1)N1C=Cc2ccccc2[C@@H]1C#Cc1ccccc1. The maximum atomic E-state index is 12.8. The van der Waals surface area contributed by atoms with Gasteiger partial charge in [0.1, 0.15) is 12.6 Å². The molecule has 1 aliphatic rings. The Hall–Kier alpha value is -3.77. The van der Waals surface area contributed by atoms with E-state index in [0.717, 1.165) is 22.3 Å². The Morgan fingerprint density at radius 1 is 0.893 bits per heavy atom. The zero-order valence-electron chi connectivity index (χ0n) is 15.3. The minimum Gasteiger partial charge on any atom is -0.444 e. The van der Waals surface area contributed by atoms with E-state index in [1.165, 1.54) is 0 Å². The summed E-state index contributed by atoms with van der Waals surface area (Å²) in [5.41, 5.74) is 3.91. The smallest absolute Gasteiger partial charge is 0.415 e. The molecule has 3 aromatic carbocycles. The van der Waals surface area contributed by atoms with Gasteiger partial charge in [-0.15, -0.1) is 0 Å². The zero-order valence-corrected chi connectivity index (χ0v) is 15.3. The van der Waals surface area contributed by atoms with Crippen molar-refractivity contribution in [2.45, 2.75) is 12.6 Å². The molecular formula is C25H19NO2. The van der Waals surface area contributed by atoms with Gasteiger partial charge in [-0.1, -0.05) is 84.6 Å². The highest BCUT2D eigenvalue weighted by Gasteiger charge is 2.27. The first-order valence-electron chi connectivity index (χ1n) is 9.14. The molecule has 28 heavy (non-hydrogen) atoms. The summed E-state index contributed by atoms with van der Waals surface area (Å²) in [5.74, 6) is 6.43. The van der Waals surface area contributed by atoms with E-state index >= 15 is 0 Å². The number of hydrogen-bond acceptors (Lipinski definition) is 2. The predicted molar refractivity (Wildman–Crippen MR) is 110 cm³/mol. The second-order valence-corrected chi connectivity index (χ2v) is 6.43. The molecule has 0 bridgehead atoms. The molecule has 3 nitrogen and oxygen atoms in total. The predicted octanol–water partition coefficient (Wildman–Crippen LogP) is 5.40.